The van der Waals surface area contributed by atoms with E-state index >= 15 is 0 Å². The van der Waals surface area contributed by atoms with Crippen LogP contribution in [0.4, 0.5) is 0 Å². The molecule has 2 nitrogen and oxygen atoms in total. The first-order valence-electron chi connectivity index (χ1n) is 4.58. The Morgan fingerprint density at radius 2 is 1.31 bits per heavy atom. The predicted octanol–water partition coefficient (Wildman–Crippen LogP) is 3.69. The third kappa shape index (κ3) is 156. The van der Waals surface area contributed by atoms with Crippen molar-refractivity contribution in [2.75, 3.05) is 13.7 Å². The van der Waals surface area contributed by atoms with Gasteiger partial charge in [0, 0.05) is 20.1 Å². The summed E-state index contributed by atoms with van der Waals surface area (Å²) in [4.78, 5) is 9.81. The summed E-state index contributed by atoms with van der Waals surface area (Å²) in [5, 5.41) is 0. The van der Waals surface area contributed by atoms with Crippen LogP contribution in [-0.2, 0) is 9.53 Å². The predicted molar refractivity (Wildman–Crippen MR) is 61.2 cm³/mol. The van der Waals surface area contributed by atoms with Crippen molar-refractivity contribution in [1.82, 2.24) is 0 Å². The topological polar surface area (TPSA) is 26.3 Å². The van der Waals surface area contributed by atoms with Crippen molar-refractivity contribution < 1.29 is 9.53 Å². The maximum atomic E-state index is 9.81. The van der Waals surface area contributed by atoms with Crippen molar-refractivity contribution in [1.29, 1.82) is 0 Å². The summed E-state index contributed by atoms with van der Waals surface area (Å²) in [7, 11) is 1.68. The van der Waals surface area contributed by atoms with E-state index in [1.165, 1.54) is 6.42 Å². The molecule has 0 amide bonds. The normalized spacial score (nSPS) is 6.62. The van der Waals surface area contributed by atoms with Gasteiger partial charge in [-0.15, -0.1) is 0 Å². The summed E-state index contributed by atoms with van der Waals surface area (Å²) in [6.45, 7) is 10.5. The molecule has 0 aromatic rings. The summed E-state index contributed by atoms with van der Waals surface area (Å²) in [6, 6.07) is 0. The Hall–Kier alpha value is -0.370. The molecule has 0 aliphatic heterocycles. The van der Waals surface area contributed by atoms with Gasteiger partial charge < -0.3 is 9.53 Å². The molecule has 0 aliphatic rings. The van der Waals surface area contributed by atoms with E-state index in [1.807, 2.05) is 13.8 Å². The molecule has 0 saturated heterocycles. The quantitative estimate of drug-likeness (QED) is 0.667. The number of hydrogen-bond acceptors (Lipinski definition) is 2. The molecular formula is C11H28O2. The van der Waals surface area contributed by atoms with E-state index in [-0.39, 0.29) is 13.2 Å². The molecule has 0 heterocycles. The fourth-order valence-corrected chi connectivity index (χ4v) is 0. The van der Waals surface area contributed by atoms with E-state index in [0.29, 0.717) is 6.42 Å². The van der Waals surface area contributed by atoms with Gasteiger partial charge >= 0.3 is 0 Å². The molecule has 13 heavy (non-hydrogen) atoms. The lowest BCUT2D eigenvalue weighted by Crippen LogP contribution is -1.80. The van der Waals surface area contributed by atoms with Gasteiger partial charge in [0.2, 0.25) is 0 Å². The zero-order valence-corrected chi connectivity index (χ0v) is 9.44. The SMILES string of the molecule is C.CCC.CCC(C)=O.CCOC. The van der Waals surface area contributed by atoms with E-state index in [2.05, 4.69) is 18.6 Å². The molecule has 0 atom stereocenters. The van der Waals surface area contributed by atoms with Gasteiger partial charge in [0.15, 0.2) is 0 Å². The molecular weight excluding hydrogens is 164 g/mol. The van der Waals surface area contributed by atoms with Crippen LogP contribution in [0.25, 0.3) is 0 Å². The van der Waals surface area contributed by atoms with E-state index < -0.39 is 0 Å². The number of rotatable bonds is 2. The minimum Gasteiger partial charge on any atom is -0.385 e. The fraction of sp³-hybridized carbons (Fsp3) is 0.909. The maximum Gasteiger partial charge on any atom is 0.129 e. The number of methoxy groups -OCH3 is 1. The smallest absolute Gasteiger partial charge is 0.129 e. The molecule has 2 heteroatoms. The van der Waals surface area contributed by atoms with Crippen molar-refractivity contribution in [3.05, 3.63) is 0 Å². The van der Waals surface area contributed by atoms with Crippen LogP contribution in [0.15, 0.2) is 0 Å². The second-order valence-corrected chi connectivity index (χ2v) is 2.34. The molecule has 84 valence electrons. The maximum absolute atomic E-state index is 9.81. The van der Waals surface area contributed by atoms with Crippen LogP contribution in [0.5, 0.6) is 0 Å². The Labute approximate surface area is 84.7 Å². The highest BCUT2D eigenvalue weighted by Gasteiger charge is 1.76. The summed E-state index contributed by atoms with van der Waals surface area (Å²) in [5.74, 6) is 0.255. The molecule has 0 aliphatic carbocycles. The van der Waals surface area contributed by atoms with Gasteiger partial charge in [-0.2, -0.15) is 0 Å². The summed E-state index contributed by atoms with van der Waals surface area (Å²) in [6.07, 6.45) is 1.92. The van der Waals surface area contributed by atoms with Crippen molar-refractivity contribution in [3.63, 3.8) is 0 Å². The van der Waals surface area contributed by atoms with Crippen molar-refractivity contribution >= 4 is 5.78 Å². The van der Waals surface area contributed by atoms with Gasteiger partial charge in [0.25, 0.3) is 0 Å². The molecule has 0 saturated carbocycles. The van der Waals surface area contributed by atoms with Crippen molar-refractivity contribution in [2.24, 2.45) is 0 Å². The van der Waals surface area contributed by atoms with E-state index in [1.54, 1.807) is 14.0 Å². The Morgan fingerprint density at radius 1 is 1.15 bits per heavy atom. The number of Topliss-reactive ketones (excluding diaryl/α,β-unsaturated/α-hetero) is 1. The van der Waals surface area contributed by atoms with Crippen molar-refractivity contribution in [2.45, 2.75) is 54.9 Å². The van der Waals surface area contributed by atoms with Crippen LogP contribution in [0.3, 0.4) is 0 Å². The van der Waals surface area contributed by atoms with Gasteiger partial charge in [0.1, 0.15) is 5.78 Å². The lowest BCUT2D eigenvalue weighted by molar-refractivity contribution is -0.116. The first-order chi connectivity index (χ1) is 5.60. The van der Waals surface area contributed by atoms with Crippen LogP contribution in [0.1, 0.15) is 54.9 Å². The summed E-state index contributed by atoms with van der Waals surface area (Å²) >= 11 is 0. The first kappa shape index (κ1) is 22.9. The summed E-state index contributed by atoms with van der Waals surface area (Å²) in [5.41, 5.74) is 0. The fourth-order valence-electron chi connectivity index (χ4n) is 0. The van der Waals surface area contributed by atoms with Crippen LogP contribution in [0, 0.1) is 0 Å². The number of hydrogen-bond donors (Lipinski definition) is 0. The zero-order valence-electron chi connectivity index (χ0n) is 9.44. The first-order valence-corrected chi connectivity index (χ1v) is 4.58. The number of carbonyl (C=O) groups is 1. The third-order valence-electron chi connectivity index (χ3n) is 0.787. The molecule has 0 N–H and O–H groups in total. The number of ether oxygens (including phenoxy) is 1. The average molecular weight is 192 g/mol. The monoisotopic (exact) mass is 192 g/mol. The third-order valence-corrected chi connectivity index (χ3v) is 0.787. The average Bonchev–Trinajstić information content (AvgIpc) is 2.06. The van der Waals surface area contributed by atoms with Crippen molar-refractivity contribution in [3.8, 4) is 0 Å². The molecule has 0 bridgehead atoms. The molecule has 0 fully saturated rings. The van der Waals surface area contributed by atoms with Crippen LogP contribution < -0.4 is 0 Å². The Morgan fingerprint density at radius 3 is 1.31 bits per heavy atom. The van der Waals surface area contributed by atoms with Gasteiger partial charge in [-0.05, 0) is 13.8 Å². The lowest BCUT2D eigenvalue weighted by Gasteiger charge is -1.76. The molecule has 0 aromatic heterocycles. The second kappa shape index (κ2) is 29.9. The van der Waals surface area contributed by atoms with Crippen LogP contribution in [0.2, 0.25) is 0 Å². The summed E-state index contributed by atoms with van der Waals surface area (Å²) < 4.78 is 4.54. The largest absolute Gasteiger partial charge is 0.385 e. The Kier molecular flexibility index (Phi) is 52.7. The van der Waals surface area contributed by atoms with Gasteiger partial charge in [-0.25, -0.2) is 0 Å². The van der Waals surface area contributed by atoms with E-state index in [0.717, 1.165) is 6.61 Å². The highest BCUT2D eigenvalue weighted by atomic mass is 16.5. The molecule has 0 aromatic carbocycles. The van der Waals surface area contributed by atoms with Gasteiger partial charge in [-0.3, -0.25) is 0 Å². The number of carbonyl (C=O) groups excluding carboxylic acids is 1. The Balaban J connectivity index is -0.0000000465. The molecule has 0 rings (SSSR count). The standard InChI is InChI=1S/C4H8O.C3H8O.C3H8.CH4/c1-3-4(2)5;1-3-4-2;1-3-2;/h3H2,1-2H3;3H2,1-2H3;3H2,1-2H3;1H4. The molecule has 0 radical (unpaired) electrons. The van der Waals surface area contributed by atoms with E-state index in [4.69, 9.17) is 0 Å². The van der Waals surface area contributed by atoms with Gasteiger partial charge in [0.05, 0.1) is 0 Å². The van der Waals surface area contributed by atoms with Crippen LogP contribution >= 0.6 is 0 Å². The second-order valence-electron chi connectivity index (χ2n) is 2.34. The molecule has 0 unspecified atom stereocenters. The van der Waals surface area contributed by atoms with E-state index in [9.17, 15) is 4.79 Å². The highest BCUT2D eigenvalue weighted by molar-refractivity contribution is 5.74. The van der Waals surface area contributed by atoms with Gasteiger partial charge in [-0.1, -0.05) is 34.6 Å². The minimum atomic E-state index is 0. The Bertz CT molecular complexity index is 68.5. The highest BCUT2D eigenvalue weighted by Crippen LogP contribution is 1.71. The zero-order chi connectivity index (χ0) is 10.4. The molecule has 0 spiro atoms. The van der Waals surface area contributed by atoms with Crippen LogP contribution in [-0.4, -0.2) is 19.5 Å². The minimum absolute atomic E-state index is 0. The number of ketones is 1. The lowest BCUT2D eigenvalue weighted by atomic mass is 10.4.